The Kier molecular flexibility index (Phi) is 3.21. The molecule has 0 aliphatic heterocycles. The van der Waals surface area contributed by atoms with Crippen LogP contribution in [0.2, 0.25) is 10.0 Å². The van der Waals surface area contributed by atoms with Crippen molar-refractivity contribution < 1.29 is 4.42 Å². The highest BCUT2D eigenvalue weighted by Crippen LogP contribution is 2.25. The van der Waals surface area contributed by atoms with Gasteiger partial charge in [-0.3, -0.25) is 0 Å². The first-order valence-corrected chi connectivity index (χ1v) is 6.67. The quantitative estimate of drug-likeness (QED) is 0.661. The summed E-state index contributed by atoms with van der Waals surface area (Å²) in [5.41, 5.74) is 3.87. The highest BCUT2D eigenvalue weighted by atomic mass is 35.5. The molecule has 1 heterocycles. The number of aryl methyl sites for hydroxylation is 1. The minimum absolute atomic E-state index is 0.547. The predicted molar refractivity (Wildman–Crippen MR) is 78.0 cm³/mol. The highest BCUT2D eigenvalue weighted by molar-refractivity contribution is 6.42. The number of benzene rings is 2. The van der Waals surface area contributed by atoms with E-state index in [1.165, 1.54) is 0 Å². The molecule has 0 spiro atoms. The SMILES string of the molecule is Cc1ccc2nc(Cc3ccc(Cl)c(Cl)c3)oc2c1. The maximum absolute atomic E-state index is 6.00. The number of hydrogen-bond acceptors (Lipinski definition) is 2. The van der Waals surface area contributed by atoms with E-state index >= 15 is 0 Å². The number of aromatic nitrogens is 1. The predicted octanol–water partition coefficient (Wildman–Crippen LogP) is 5.03. The summed E-state index contributed by atoms with van der Waals surface area (Å²) < 4.78 is 5.74. The summed E-state index contributed by atoms with van der Waals surface area (Å²) in [6, 6.07) is 11.5. The van der Waals surface area contributed by atoms with E-state index in [0.717, 1.165) is 22.2 Å². The number of fused-ring (bicyclic) bond motifs is 1. The van der Waals surface area contributed by atoms with Crippen LogP contribution < -0.4 is 0 Å². The smallest absolute Gasteiger partial charge is 0.199 e. The van der Waals surface area contributed by atoms with Gasteiger partial charge < -0.3 is 4.42 Å². The average molecular weight is 292 g/mol. The number of rotatable bonds is 2. The van der Waals surface area contributed by atoms with E-state index in [0.29, 0.717) is 22.4 Å². The monoisotopic (exact) mass is 291 g/mol. The van der Waals surface area contributed by atoms with Crippen molar-refractivity contribution in [1.82, 2.24) is 4.98 Å². The molecule has 0 unspecified atom stereocenters. The third kappa shape index (κ3) is 2.60. The Morgan fingerprint density at radius 3 is 2.68 bits per heavy atom. The number of halogens is 2. The van der Waals surface area contributed by atoms with E-state index in [9.17, 15) is 0 Å². The molecule has 0 radical (unpaired) electrons. The molecule has 2 aromatic carbocycles. The molecule has 0 atom stereocenters. The molecule has 0 saturated heterocycles. The summed E-state index contributed by atoms with van der Waals surface area (Å²) in [7, 11) is 0. The van der Waals surface area contributed by atoms with Crippen LogP contribution in [0.25, 0.3) is 11.1 Å². The van der Waals surface area contributed by atoms with Crippen LogP contribution >= 0.6 is 23.2 Å². The van der Waals surface area contributed by atoms with Gasteiger partial charge in [-0.1, -0.05) is 35.3 Å². The molecule has 96 valence electrons. The largest absolute Gasteiger partial charge is 0.440 e. The molecule has 19 heavy (non-hydrogen) atoms. The second kappa shape index (κ2) is 4.87. The van der Waals surface area contributed by atoms with E-state index in [4.69, 9.17) is 27.6 Å². The van der Waals surface area contributed by atoms with Crippen molar-refractivity contribution in [2.75, 3.05) is 0 Å². The van der Waals surface area contributed by atoms with Crippen LogP contribution in [0, 0.1) is 6.92 Å². The summed E-state index contributed by atoms with van der Waals surface area (Å²) in [5, 5.41) is 1.10. The molecule has 0 amide bonds. The molecule has 0 fully saturated rings. The van der Waals surface area contributed by atoms with Crippen molar-refractivity contribution in [3.63, 3.8) is 0 Å². The van der Waals surface area contributed by atoms with Gasteiger partial charge in [0.15, 0.2) is 11.5 Å². The van der Waals surface area contributed by atoms with Gasteiger partial charge in [0.2, 0.25) is 0 Å². The molecule has 0 aliphatic carbocycles. The van der Waals surface area contributed by atoms with Crippen LogP contribution in [-0.2, 0) is 6.42 Å². The first kappa shape index (κ1) is 12.5. The summed E-state index contributed by atoms with van der Waals surface area (Å²) in [4.78, 5) is 4.46. The molecule has 0 N–H and O–H groups in total. The van der Waals surface area contributed by atoms with Gasteiger partial charge in [-0.15, -0.1) is 0 Å². The van der Waals surface area contributed by atoms with Crippen LogP contribution in [-0.4, -0.2) is 4.98 Å². The summed E-state index contributed by atoms with van der Waals surface area (Å²) in [6.07, 6.45) is 0.602. The van der Waals surface area contributed by atoms with Crippen molar-refractivity contribution in [1.29, 1.82) is 0 Å². The molecule has 3 aromatic rings. The van der Waals surface area contributed by atoms with Gasteiger partial charge in [-0.2, -0.15) is 0 Å². The normalized spacial score (nSPS) is 11.1. The average Bonchev–Trinajstić information content (AvgIpc) is 2.75. The Labute approximate surface area is 121 Å². The fourth-order valence-corrected chi connectivity index (χ4v) is 2.30. The minimum atomic E-state index is 0.547. The third-order valence-electron chi connectivity index (χ3n) is 2.93. The zero-order valence-electron chi connectivity index (χ0n) is 10.3. The Balaban J connectivity index is 1.94. The molecule has 0 saturated carbocycles. The molecule has 4 heteroatoms. The van der Waals surface area contributed by atoms with Crippen molar-refractivity contribution in [2.24, 2.45) is 0 Å². The third-order valence-corrected chi connectivity index (χ3v) is 3.67. The lowest BCUT2D eigenvalue weighted by molar-refractivity contribution is 0.544. The van der Waals surface area contributed by atoms with Gasteiger partial charge in [0.1, 0.15) is 5.52 Å². The second-order valence-electron chi connectivity index (χ2n) is 4.50. The Morgan fingerprint density at radius 2 is 1.89 bits per heavy atom. The number of hydrogen-bond donors (Lipinski definition) is 0. The van der Waals surface area contributed by atoms with Gasteiger partial charge in [0.25, 0.3) is 0 Å². The van der Waals surface area contributed by atoms with Gasteiger partial charge in [-0.25, -0.2) is 4.98 Å². The first-order valence-electron chi connectivity index (χ1n) is 5.92. The van der Waals surface area contributed by atoms with E-state index in [2.05, 4.69) is 4.98 Å². The zero-order valence-corrected chi connectivity index (χ0v) is 11.8. The van der Waals surface area contributed by atoms with Gasteiger partial charge in [0.05, 0.1) is 10.0 Å². The fourth-order valence-electron chi connectivity index (χ4n) is 1.98. The van der Waals surface area contributed by atoms with E-state index in [1.54, 1.807) is 6.07 Å². The van der Waals surface area contributed by atoms with Crippen molar-refractivity contribution >= 4 is 34.3 Å². The summed E-state index contributed by atoms with van der Waals surface area (Å²) in [6.45, 7) is 2.03. The van der Waals surface area contributed by atoms with Crippen molar-refractivity contribution in [3.05, 3.63) is 63.5 Å². The first-order chi connectivity index (χ1) is 9.11. The molecule has 0 aliphatic rings. The summed E-state index contributed by atoms with van der Waals surface area (Å²) >= 11 is 11.9. The zero-order chi connectivity index (χ0) is 13.4. The van der Waals surface area contributed by atoms with Crippen LogP contribution in [0.5, 0.6) is 0 Å². The van der Waals surface area contributed by atoms with Gasteiger partial charge in [-0.05, 0) is 42.3 Å². The molecule has 0 bridgehead atoms. The lowest BCUT2D eigenvalue weighted by atomic mass is 10.1. The Morgan fingerprint density at radius 1 is 1.05 bits per heavy atom. The van der Waals surface area contributed by atoms with Crippen LogP contribution in [0.3, 0.4) is 0 Å². The summed E-state index contributed by atoms with van der Waals surface area (Å²) in [5.74, 6) is 0.680. The molecule has 3 rings (SSSR count). The number of nitrogens with zero attached hydrogens (tertiary/aromatic N) is 1. The van der Waals surface area contributed by atoms with E-state index in [1.807, 2.05) is 37.3 Å². The molecule has 2 nitrogen and oxygen atoms in total. The highest BCUT2D eigenvalue weighted by Gasteiger charge is 2.08. The van der Waals surface area contributed by atoms with E-state index in [-0.39, 0.29) is 0 Å². The van der Waals surface area contributed by atoms with Crippen LogP contribution in [0.4, 0.5) is 0 Å². The van der Waals surface area contributed by atoms with Gasteiger partial charge in [0, 0.05) is 6.42 Å². The topological polar surface area (TPSA) is 26.0 Å². The second-order valence-corrected chi connectivity index (χ2v) is 5.32. The Hall–Kier alpha value is -1.51. The Bertz CT molecular complexity index is 749. The van der Waals surface area contributed by atoms with E-state index < -0.39 is 0 Å². The molecular formula is C15H11Cl2NO. The standard InChI is InChI=1S/C15H11Cl2NO/c1-9-2-5-13-14(6-9)19-15(18-13)8-10-3-4-11(16)12(17)7-10/h2-7H,8H2,1H3. The van der Waals surface area contributed by atoms with Crippen molar-refractivity contribution in [2.45, 2.75) is 13.3 Å². The molecule has 1 aromatic heterocycles. The van der Waals surface area contributed by atoms with Gasteiger partial charge >= 0.3 is 0 Å². The number of oxazole rings is 1. The van der Waals surface area contributed by atoms with Crippen LogP contribution in [0.15, 0.2) is 40.8 Å². The van der Waals surface area contributed by atoms with Crippen molar-refractivity contribution in [3.8, 4) is 0 Å². The van der Waals surface area contributed by atoms with Crippen LogP contribution in [0.1, 0.15) is 17.0 Å². The maximum Gasteiger partial charge on any atom is 0.199 e. The minimum Gasteiger partial charge on any atom is -0.440 e. The lowest BCUT2D eigenvalue weighted by Gasteiger charge is -1.99. The fraction of sp³-hybridized carbons (Fsp3) is 0.133. The molecular weight excluding hydrogens is 281 g/mol. The lowest BCUT2D eigenvalue weighted by Crippen LogP contribution is -1.88. The maximum atomic E-state index is 6.00.